The third-order valence-electron chi connectivity index (χ3n) is 20.9. The average Bonchev–Trinajstić information content (AvgIpc) is 1.34. The van der Waals surface area contributed by atoms with Crippen molar-refractivity contribution in [3.8, 4) is 45.0 Å². The molecule has 16 aromatic rings. The topological polar surface area (TPSA) is 120 Å². The van der Waals surface area contributed by atoms with E-state index in [1.54, 1.807) is 43.2 Å². The molecule has 16 rings (SSSR count). The summed E-state index contributed by atoms with van der Waals surface area (Å²) in [7, 11) is 7.99. The summed E-state index contributed by atoms with van der Waals surface area (Å²) in [5, 5.41) is 8.24. The van der Waals surface area contributed by atoms with E-state index in [0.717, 1.165) is 134 Å². The van der Waals surface area contributed by atoms with E-state index in [1.807, 2.05) is 87.1 Å². The van der Waals surface area contributed by atoms with Crippen LogP contribution in [0.4, 0.5) is 0 Å². The highest BCUT2D eigenvalue weighted by atomic mass is 16.4. The number of rotatable bonds is 12. The van der Waals surface area contributed by atoms with E-state index in [9.17, 15) is 0 Å². The van der Waals surface area contributed by atoms with Gasteiger partial charge in [-0.25, -0.2) is 38.2 Å². The predicted octanol–water partition coefficient (Wildman–Crippen LogP) is 22.5. The molecule has 1 atom stereocenters. The quantitative estimate of drug-likeness (QED) is 0.111. The molecule has 4 aromatic carbocycles. The summed E-state index contributed by atoms with van der Waals surface area (Å²) < 4.78 is 98.6. The van der Waals surface area contributed by atoms with E-state index < -0.39 is 25.5 Å². The molecular weight excluding hydrogens is 1310 g/mol. The van der Waals surface area contributed by atoms with Crippen LogP contribution in [0.5, 0.6) is 0 Å². The van der Waals surface area contributed by atoms with Gasteiger partial charge >= 0.3 is 0 Å². The van der Waals surface area contributed by atoms with Gasteiger partial charge in [-0.15, -0.1) is 0 Å². The van der Waals surface area contributed by atoms with Crippen LogP contribution in [-0.2, 0) is 53.8 Å². The lowest BCUT2D eigenvalue weighted by molar-refractivity contribution is -0.661. The lowest BCUT2D eigenvalue weighted by Crippen LogP contribution is -2.32. The fourth-order valence-corrected chi connectivity index (χ4v) is 15.2. The Labute approximate surface area is 635 Å². The van der Waals surface area contributed by atoms with Gasteiger partial charge in [0.25, 0.3) is 0 Å². The van der Waals surface area contributed by atoms with Crippen LogP contribution in [0.2, 0.25) is 0 Å². The Hall–Kier alpha value is -10.7. The number of hydrogen-bond donors (Lipinski definition) is 0. The van der Waals surface area contributed by atoms with Crippen molar-refractivity contribution in [2.75, 3.05) is 0 Å². The molecule has 0 fully saturated rings. The summed E-state index contributed by atoms with van der Waals surface area (Å²) in [4.78, 5) is 17.9. The Bertz CT molecular complexity index is 6450. The zero-order valence-corrected chi connectivity index (χ0v) is 65.4. The van der Waals surface area contributed by atoms with Crippen LogP contribution in [0.3, 0.4) is 0 Å². The van der Waals surface area contributed by atoms with E-state index in [2.05, 4.69) is 198 Å². The third kappa shape index (κ3) is 13.6. The van der Waals surface area contributed by atoms with Gasteiger partial charge in [0.05, 0.1) is 22.3 Å². The maximum absolute atomic E-state index is 8.61. The van der Waals surface area contributed by atoms with Crippen LogP contribution in [0.1, 0.15) is 196 Å². The van der Waals surface area contributed by atoms with E-state index in [0.29, 0.717) is 46.0 Å². The molecule has 1 unspecified atom stereocenters. The maximum atomic E-state index is 8.61. The summed E-state index contributed by atoms with van der Waals surface area (Å²) in [6.07, 6.45) is 10.4. The Morgan fingerprint density at radius 1 is 0.368 bits per heavy atom. The highest BCUT2D eigenvalue weighted by molar-refractivity contribution is 6.12. The number of aryl methyl sites for hydroxylation is 14. The van der Waals surface area contributed by atoms with Crippen LogP contribution < -0.4 is 18.3 Å². The monoisotopic (exact) mass is 1420 g/mol. The number of hydrogen-bond acceptors (Lipinski definition) is 8. The average molecular weight is 1420 g/mol. The summed E-state index contributed by atoms with van der Waals surface area (Å²) in [6, 6.07) is 41.3. The zero-order chi connectivity index (χ0) is 82.4. The Balaban J connectivity index is 0.000000133. The number of benzene rings is 4. The Morgan fingerprint density at radius 3 is 1.02 bits per heavy atom. The molecule has 12 aromatic heterocycles. The SMILES string of the molecule is CCc1c[n+](C)c(-c2c(C)ccc3c2oc2nc(C)ccc23)cc1C(C)C.CCc1c[n+](C)c(-c2c(C)ccc3c2oc2ncccc23)cc1C(C)C.[2H]C([2H])(C)c1c[n+](C)c(-c2c(C)ccc3c2oc2ncccc23)cc1C(C)C.[2H]C([2H])(C)c1cc(-c2c(C)ccc3c2oc2nc(C)ccc23)[n+](C)cc1C([2H])(C)C([2H])([2H])[2H]. The van der Waals surface area contributed by atoms with Gasteiger partial charge in [-0.05, 0) is 184 Å². The van der Waals surface area contributed by atoms with E-state index in [-0.39, 0.29) is 17.0 Å². The van der Waals surface area contributed by atoms with E-state index >= 15 is 0 Å². The first-order valence-electron chi connectivity index (χ1n) is 41.0. The second-order valence-electron chi connectivity index (χ2n) is 29.3. The van der Waals surface area contributed by atoms with Crippen molar-refractivity contribution in [3.05, 3.63) is 237 Å². The van der Waals surface area contributed by atoms with Crippen molar-refractivity contribution in [2.24, 2.45) is 28.2 Å². The Morgan fingerprint density at radius 2 is 0.679 bits per heavy atom. The minimum Gasteiger partial charge on any atom is -0.437 e. The van der Waals surface area contributed by atoms with Gasteiger partial charge in [-0.2, -0.15) is 0 Å². The van der Waals surface area contributed by atoms with Gasteiger partial charge in [0.2, 0.25) is 45.6 Å². The van der Waals surface area contributed by atoms with Crippen LogP contribution in [0.15, 0.2) is 176 Å². The first-order chi connectivity index (χ1) is 53.7. The molecule has 0 aliphatic carbocycles. The molecule has 0 amide bonds. The lowest BCUT2D eigenvalue weighted by atomic mass is 9.93. The molecule has 0 spiro atoms. The predicted molar refractivity (Wildman–Crippen MR) is 435 cm³/mol. The molecular formula is C94H104N8O4+4. The molecule has 12 heterocycles. The lowest BCUT2D eigenvalue weighted by Gasteiger charge is -2.13. The summed E-state index contributed by atoms with van der Waals surface area (Å²) in [5.74, 6) is -0.799. The molecule has 0 aliphatic heterocycles. The highest BCUT2D eigenvalue weighted by Gasteiger charge is 2.29. The van der Waals surface area contributed by atoms with Crippen molar-refractivity contribution in [2.45, 2.75) is 174 Å². The number of furan rings is 4. The summed E-state index contributed by atoms with van der Waals surface area (Å²) in [5.41, 5.74) is 28.1. The molecule has 0 bridgehead atoms. The van der Waals surface area contributed by atoms with Crippen LogP contribution in [0.25, 0.3) is 133 Å². The largest absolute Gasteiger partial charge is 0.437 e. The van der Waals surface area contributed by atoms with E-state index in [4.69, 9.17) is 28.6 Å². The number of aromatic nitrogens is 8. The normalized spacial score (nSPS) is 13.8. The Kier molecular flexibility index (Phi) is 18.1. The van der Waals surface area contributed by atoms with Crippen molar-refractivity contribution in [1.82, 2.24) is 19.9 Å². The van der Waals surface area contributed by atoms with Crippen LogP contribution in [0, 0.1) is 41.5 Å². The highest BCUT2D eigenvalue weighted by Crippen LogP contribution is 2.43. The molecule has 12 heteroatoms. The van der Waals surface area contributed by atoms with Crippen LogP contribution >= 0.6 is 0 Å². The zero-order valence-electron chi connectivity index (χ0n) is 73.4. The fraction of sp³-hybridized carbons (Fsp3) is 0.319. The van der Waals surface area contributed by atoms with Gasteiger partial charge < -0.3 is 17.7 Å². The maximum Gasteiger partial charge on any atom is 0.227 e. The van der Waals surface area contributed by atoms with Crippen molar-refractivity contribution < 1.29 is 46.9 Å². The van der Waals surface area contributed by atoms with Gasteiger partial charge in [-0.3, -0.25) is 0 Å². The molecule has 0 saturated carbocycles. The first kappa shape index (κ1) is 63.7. The molecule has 0 N–H and O–H groups in total. The summed E-state index contributed by atoms with van der Waals surface area (Å²) in [6.45, 7) is 31.6. The number of nitrogens with zero attached hydrogens (tertiary/aromatic N) is 8. The molecule has 0 aliphatic rings. The van der Waals surface area contributed by atoms with E-state index in [1.165, 1.54) is 58.6 Å². The minimum absolute atomic E-state index is 0.132. The number of fused-ring (bicyclic) bond motifs is 12. The van der Waals surface area contributed by atoms with Crippen molar-refractivity contribution in [3.63, 3.8) is 0 Å². The summed E-state index contributed by atoms with van der Waals surface area (Å²) >= 11 is 0. The molecule has 106 heavy (non-hydrogen) atoms. The van der Waals surface area contributed by atoms with Gasteiger partial charge in [0.1, 0.15) is 28.2 Å². The molecule has 0 saturated heterocycles. The molecule has 12 nitrogen and oxygen atoms in total. The minimum atomic E-state index is -2.63. The first-order valence-corrected chi connectivity index (χ1v) is 37.0. The van der Waals surface area contributed by atoms with Crippen molar-refractivity contribution >= 4 is 88.3 Å². The van der Waals surface area contributed by atoms with Crippen molar-refractivity contribution in [1.29, 1.82) is 0 Å². The number of pyridine rings is 8. The van der Waals surface area contributed by atoms with Crippen LogP contribution in [-0.4, -0.2) is 19.9 Å². The van der Waals surface area contributed by atoms with Gasteiger partial charge in [0.15, 0.2) is 47.1 Å². The van der Waals surface area contributed by atoms with Gasteiger partial charge in [-0.1, -0.05) is 132 Å². The second-order valence-corrected chi connectivity index (χ2v) is 29.3. The standard InChI is InChI=1S/2C24H27N2O.2C23H25N2O/c1-7-17-13-26(6)21(12-20(17)14(2)3)22-15(4)8-10-18-19-11-9-16(5)25-24(19)27-23(18)22;1-7-17-12-21(26(6)13-20(17)14(2)3)22-15(4)8-10-18-19-11-9-16(5)25-24(19)27-23(18)22;2*1-6-16-13-25(5)20(12-19(16)14(2)3)21-15(4)9-10-17-18-8-7-11-24-23(18)26-22(17)21/h2*8-14H,7H2,1-6H3;2*7-14H,6H2,1-5H3/q4*+1/i;2D3,7D2,14D;6D2;. The molecule has 540 valence electrons. The smallest absolute Gasteiger partial charge is 0.227 e. The molecule has 0 radical (unpaired) electrons. The second kappa shape index (κ2) is 30.0. The van der Waals surface area contributed by atoms with Gasteiger partial charge in [0, 0.05) is 124 Å². The fourth-order valence-electron chi connectivity index (χ4n) is 15.2. The third-order valence-corrected chi connectivity index (χ3v) is 20.9.